The molecule has 0 N–H and O–H groups in total. The maximum Gasteiger partial charge on any atom is 0.274 e. The number of benzene rings is 2. The first-order valence-electron chi connectivity index (χ1n) is 7.13. The van der Waals surface area contributed by atoms with Gasteiger partial charge in [0.1, 0.15) is 5.82 Å². The van der Waals surface area contributed by atoms with E-state index in [2.05, 4.69) is 5.10 Å². The average Bonchev–Trinajstić information content (AvgIpc) is 2.57. The molecule has 0 fully saturated rings. The molecule has 118 valence electrons. The quantitative estimate of drug-likeness (QED) is 0.650. The van der Waals surface area contributed by atoms with Gasteiger partial charge < -0.3 is 0 Å². The SMILES string of the molecule is O=c1c2ccccc2c(-c2ccc(Cl)c(F)c2)nn1CCCCl. The van der Waals surface area contributed by atoms with Crippen molar-refractivity contribution in [1.29, 1.82) is 0 Å². The zero-order chi connectivity index (χ0) is 16.4. The van der Waals surface area contributed by atoms with Gasteiger partial charge >= 0.3 is 0 Å². The van der Waals surface area contributed by atoms with E-state index < -0.39 is 5.82 Å². The molecule has 0 radical (unpaired) electrons. The molecule has 3 nitrogen and oxygen atoms in total. The molecule has 2 aromatic carbocycles. The second-order valence-electron chi connectivity index (χ2n) is 5.09. The molecule has 6 heteroatoms. The molecule has 23 heavy (non-hydrogen) atoms. The highest BCUT2D eigenvalue weighted by molar-refractivity contribution is 6.30. The first kappa shape index (κ1) is 16.0. The van der Waals surface area contributed by atoms with Gasteiger partial charge in [-0.1, -0.05) is 35.9 Å². The molecule has 1 heterocycles. The van der Waals surface area contributed by atoms with E-state index in [9.17, 15) is 9.18 Å². The van der Waals surface area contributed by atoms with Gasteiger partial charge in [0.15, 0.2) is 0 Å². The molecule has 3 aromatic rings. The number of nitrogens with zero attached hydrogens (tertiary/aromatic N) is 2. The summed E-state index contributed by atoms with van der Waals surface area (Å²) in [5.41, 5.74) is 0.942. The van der Waals surface area contributed by atoms with Crippen molar-refractivity contribution in [2.24, 2.45) is 0 Å². The minimum Gasteiger partial charge on any atom is -0.267 e. The summed E-state index contributed by atoms with van der Waals surface area (Å²) in [6.07, 6.45) is 0.626. The molecule has 3 rings (SSSR count). The number of alkyl halides is 1. The fraction of sp³-hybridized carbons (Fsp3) is 0.176. The highest BCUT2D eigenvalue weighted by Crippen LogP contribution is 2.27. The summed E-state index contributed by atoms with van der Waals surface area (Å²) >= 11 is 11.5. The number of aryl methyl sites for hydroxylation is 1. The van der Waals surface area contributed by atoms with Crippen LogP contribution in [-0.2, 0) is 6.54 Å². The van der Waals surface area contributed by atoms with Crippen LogP contribution in [0.5, 0.6) is 0 Å². The molecule has 0 aliphatic rings. The molecular formula is C17H13Cl2FN2O. The van der Waals surface area contributed by atoms with E-state index in [0.29, 0.717) is 40.9 Å². The summed E-state index contributed by atoms with van der Waals surface area (Å²) in [6, 6.07) is 11.7. The van der Waals surface area contributed by atoms with Crippen molar-refractivity contribution in [2.75, 3.05) is 5.88 Å². The zero-order valence-electron chi connectivity index (χ0n) is 12.1. The Hall–Kier alpha value is -1.91. The third-order valence-electron chi connectivity index (χ3n) is 3.56. The topological polar surface area (TPSA) is 34.9 Å². The second-order valence-corrected chi connectivity index (χ2v) is 5.88. The summed E-state index contributed by atoms with van der Waals surface area (Å²) in [6.45, 7) is 0.413. The van der Waals surface area contributed by atoms with Crippen molar-refractivity contribution in [3.05, 3.63) is 63.7 Å². The molecule has 1 aromatic heterocycles. The van der Waals surface area contributed by atoms with E-state index in [1.165, 1.54) is 16.8 Å². The lowest BCUT2D eigenvalue weighted by atomic mass is 10.0. The number of hydrogen-bond donors (Lipinski definition) is 0. The Morgan fingerprint density at radius 3 is 2.57 bits per heavy atom. The Bertz CT molecular complexity index is 924. The van der Waals surface area contributed by atoms with Gasteiger partial charge in [-0.2, -0.15) is 5.10 Å². The third-order valence-corrected chi connectivity index (χ3v) is 4.14. The normalized spacial score (nSPS) is 11.1. The number of rotatable bonds is 4. The molecule has 0 spiro atoms. The monoisotopic (exact) mass is 350 g/mol. The summed E-state index contributed by atoms with van der Waals surface area (Å²) in [5, 5.41) is 5.69. The molecule has 0 atom stereocenters. The van der Waals surface area contributed by atoms with E-state index in [0.717, 1.165) is 0 Å². The fourth-order valence-corrected chi connectivity index (χ4v) is 2.69. The summed E-state index contributed by atoms with van der Waals surface area (Å²) in [4.78, 5) is 12.5. The lowest BCUT2D eigenvalue weighted by Crippen LogP contribution is -2.24. The maximum atomic E-state index is 13.8. The Kier molecular flexibility index (Phi) is 4.64. The summed E-state index contributed by atoms with van der Waals surface area (Å²) < 4.78 is 15.2. The van der Waals surface area contributed by atoms with Crippen molar-refractivity contribution in [1.82, 2.24) is 9.78 Å². The van der Waals surface area contributed by atoms with Gasteiger partial charge in [-0.3, -0.25) is 4.79 Å². The van der Waals surface area contributed by atoms with Crippen molar-refractivity contribution in [3.8, 4) is 11.3 Å². The molecule has 0 aliphatic heterocycles. The van der Waals surface area contributed by atoms with Crippen LogP contribution < -0.4 is 5.56 Å². The number of aromatic nitrogens is 2. The largest absolute Gasteiger partial charge is 0.274 e. The molecule has 0 saturated carbocycles. The van der Waals surface area contributed by atoms with Crippen molar-refractivity contribution < 1.29 is 4.39 Å². The predicted molar refractivity (Wildman–Crippen MR) is 91.7 cm³/mol. The van der Waals surface area contributed by atoms with Crippen LogP contribution in [0, 0.1) is 5.82 Å². The molecule has 0 amide bonds. The Labute approximate surface area is 142 Å². The fourth-order valence-electron chi connectivity index (χ4n) is 2.45. The Balaban J connectivity index is 2.28. The first-order valence-corrected chi connectivity index (χ1v) is 8.04. The van der Waals surface area contributed by atoms with Crippen LogP contribution in [0.1, 0.15) is 6.42 Å². The van der Waals surface area contributed by atoms with Crippen LogP contribution in [0.3, 0.4) is 0 Å². The van der Waals surface area contributed by atoms with Gasteiger partial charge in [0.25, 0.3) is 5.56 Å². The minimum atomic E-state index is -0.520. The smallest absolute Gasteiger partial charge is 0.267 e. The van der Waals surface area contributed by atoms with Crippen LogP contribution >= 0.6 is 23.2 Å². The standard InChI is InChI=1S/C17H13Cl2FN2O/c18-8-3-9-22-17(23)13-5-2-1-4-12(13)16(21-22)11-6-7-14(19)15(20)10-11/h1-2,4-7,10H,3,8-9H2. The Morgan fingerprint density at radius 1 is 1.13 bits per heavy atom. The van der Waals surface area contributed by atoms with E-state index in [-0.39, 0.29) is 10.6 Å². The van der Waals surface area contributed by atoms with Crippen molar-refractivity contribution in [3.63, 3.8) is 0 Å². The van der Waals surface area contributed by atoms with Gasteiger partial charge in [0, 0.05) is 23.4 Å². The molecular weight excluding hydrogens is 338 g/mol. The van der Waals surface area contributed by atoms with Crippen LogP contribution in [0.15, 0.2) is 47.3 Å². The lowest BCUT2D eigenvalue weighted by Gasteiger charge is -2.11. The Morgan fingerprint density at radius 2 is 1.87 bits per heavy atom. The minimum absolute atomic E-state index is 0.0496. The van der Waals surface area contributed by atoms with Gasteiger partial charge in [0.2, 0.25) is 0 Å². The van der Waals surface area contributed by atoms with Gasteiger partial charge in [-0.15, -0.1) is 11.6 Å². The van der Waals surface area contributed by atoms with E-state index >= 15 is 0 Å². The lowest BCUT2D eigenvalue weighted by molar-refractivity contribution is 0.578. The van der Waals surface area contributed by atoms with Gasteiger partial charge in [0.05, 0.1) is 16.1 Å². The third kappa shape index (κ3) is 3.09. The van der Waals surface area contributed by atoms with Gasteiger partial charge in [-0.25, -0.2) is 9.07 Å². The van der Waals surface area contributed by atoms with Gasteiger partial charge in [-0.05, 0) is 24.6 Å². The molecule has 0 unspecified atom stereocenters. The predicted octanol–water partition coefficient (Wildman–Crippen LogP) is 4.48. The molecule has 0 saturated heterocycles. The van der Waals surface area contributed by atoms with Crippen LogP contribution in [0.4, 0.5) is 4.39 Å². The van der Waals surface area contributed by atoms with Crippen LogP contribution in [-0.4, -0.2) is 15.7 Å². The highest BCUT2D eigenvalue weighted by Gasteiger charge is 2.13. The van der Waals surface area contributed by atoms with E-state index in [4.69, 9.17) is 23.2 Å². The maximum absolute atomic E-state index is 13.8. The number of halogens is 3. The van der Waals surface area contributed by atoms with Crippen molar-refractivity contribution >= 4 is 34.0 Å². The molecule has 0 bridgehead atoms. The average molecular weight is 351 g/mol. The number of hydrogen-bond acceptors (Lipinski definition) is 2. The van der Waals surface area contributed by atoms with Crippen LogP contribution in [0.2, 0.25) is 5.02 Å². The van der Waals surface area contributed by atoms with E-state index in [1.807, 2.05) is 6.07 Å². The first-order chi connectivity index (χ1) is 11.1. The van der Waals surface area contributed by atoms with E-state index in [1.54, 1.807) is 24.3 Å². The van der Waals surface area contributed by atoms with Crippen LogP contribution in [0.25, 0.3) is 22.0 Å². The zero-order valence-corrected chi connectivity index (χ0v) is 13.6. The summed E-state index contributed by atoms with van der Waals surface area (Å²) in [7, 11) is 0. The molecule has 0 aliphatic carbocycles. The number of fused-ring (bicyclic) bond motifs is 1. The second kappa shape index (κ2) is 6.69. The van der Waals surface area contributed by atoms with Crippen molar-refractivity contribution in [2.45, 2.75) is 13.0 Å². The highest BCUT2D eigenvalue weighted by atomic mass is 35.5. The summed E-state index contributed by atoms with van der Waals surface area (Å²) in [5.74, 6) is -0.0835.